The highest BCUT2D eigenvalue weighted by Crippen LogP contribution is 2.23. The van der Waals surface area contributed by atoms with E-state index in [0.29, 0.717) is 5.69 Å². The highest BCUT2D eigenvalue weighted by atomic mass is 19.1. The third-order valence-corrected chi connectivity index (χ3v) is 4.79. The van der Waals surface area contributed by atoms with Gasteiger partial charge < -0.3 is 10.2 Å². The molecule has 0 spiro atoms. The van der Waals surface area contributed by atoms with Crippen molar-refractivity contribution in [1.82, 2.24) is 10.2 Å². The van der Waals surface area contributed by atoms with Crippen LogP contribution in [-0.4, -0.2) is 47.7 Å². The second kappa shape index (κ2) is 6.88. The normalized spacial score (nSPS) is 18.6. The van der Waals surface area contributed by atoms with Crippen molar-refractivity contribution in [3.63, 3.8) is 0 Å². The zero-order valence-electron chi connectivity index (χ0n) is 14.7. The van der Waals surface area contributed by atoms with Crippen molar-refractivity contribution in [3.8, 4) is 0 Å². The maximum atomic E-state index is 13.4. The lowest BCUT2D eigenvalue weighted by atomic mass is 10.1. The first-order valence-electron chi connectivity index (χ1n) is 8.74. The van der Waals surface area contributed by atoms with Crippen LogP contribution in [0.3, 0.4) is 0 Å². The molecule has 1 atom stereocenters. The van der Waals surface area contributed by atoms with Crippen molar-refractivity contribution >= 4 is 29.3 Å². The van der Waals surface area contributed by atoms with E-state index >= 15 is 0 Å². The van der Waals surface area contributed by atoms with Crippen LogP contribution in [0.5, 0.6) is 0 Å². The molecule has 2 aromatic carbocycles. The molecule has 2 aromatic rings. The summed E-state index contributed by atoms with van der Waals surface area (Å²) in [6.45, 7) is -0.229. The second-order valence-corrected chi connectivity index (χ2v) is 6.69. The molecule has 4 rings (SSSR count). The number of benzene rings is 2. The fraction of sp³-hybridized carbons (Fsp3) is 0.200. The number of nitrogens with one attached hydrogen (secondary N) is 1. The summed E-state index contributed by atoms with van der Waals surface area (Å²) in [5.74, 6) is -2.26. The molecule has 0 saturated carbocycles. The van der Waals surface area contributed by atoms with Gasteiger partial charge in [-0.25, -0.2) is 4.39 Å². The van der Waals surface area contributed by atoms with Crippen LogP contribution in [-0.2, 0) is 9.59 Å². The van der Waals surface area contributed by atoms with Crippen LogP contribution in [0.15, 0.2) is 48.5 Å². The summed E-state index contributed by atoms with van der Waals surface area (Å²) < 4.78 is 13.4. The van der Waals surface area contributed by atoms with E-state index < -0.39 is 36.1 Å². The fourth-order valence-corrected chi connectivity index (χ4v) is 3.50. The Morgan fingerprint density at radius 3 is 2.36 bits per heavy atom. The molecule has 0 radical (unpaired) electrons. The average Bonchev–Trinajstić information content (AvgIpc) is 3.15. The van der Waals surface area contributed by atoms with Crippen molar-refractivity contribution in [3.05, 3.63) is 65.5 Å². The largest absolute Gasteiger partial charge is 0.349 e. The number of carbonyl (C=O) groups excluding carboxylic acids is 4. The molecule has 4 amide bonds. The first-order chi connectivity index (χ1) is 13.4. The van der Waals surface area contributed by atoms with Gasteiger partial charge in [0.25, 0.3) is 11.8 Å². The van der Waals surface area contributed by atoms with Crippen LogP contribution in [0.4, 0.5) is 10.1 Å². The molecule has 0 aliphatic carbocycles. The van der Waals surface area contributed by atoms with Gasteiger partial charge >= 0.3 is 0 Å². The number of amides is 4. The van der Waals surface area contributed by atoms with E-state index in [2.05, 4.69) is 5.32 Å². The molecule has 1 N–H and O–H groups in total. The highest BCUT2D eigenvalue weighted by Gasteiger charge is 2.37. The summed E-state index contributed by atoms with van der Waals surface area (Å²) in [5.41, 5.74) is 0.962. The molecule has 0 aromatic heterocycles. The Labute approximate surface area is 159 Å². The van der Waals surface area contributed by atoms with Gasteiger partial charge in [-0.15, -0.1) is 0 Å². The molecule has 2 aliphatic rings. The Bertz CT molecular complexity index is 971. The number of carbonyl (C=O) groups is 4. The van der Waals surface area contributed by atoms with Crippen LogP contribution < -0.4 is 10.2 Å². The van der Waals surface area contributed by atoms with Crippen LogP contribution in [0.2, 0.25) is 0 Å². The first kappa shape index (κ1) is 17.8. The third kappa shape index (κ3) is 3.13. The topological polar surface area (TPSA) is 86.8 Å². The second-order valence-electron chi connectivity index (χ2n) is 6.69. The van der Waals surface area contributed by atoms with Gasteiger partial charge in [-0.05, 0) is 30.3 Å². The Balaban J connectivity index is 1.39. The van der Waals surface area contributed by atoms with Gasteiger partial charge in [-0.2, -0.15) is 0 Å². The van der Waals surface area contributed by atoms with E-state index in [4.69, 9.17) is 0 Å². The van der Waals surface area contributed by atoms with Crippen LogP contribution >= 0.6 is 0 Å². The van der Waals surface area contributed by atoms with Crippen molar-refractivity contribution in [2.24, 2.45) is 0 Å². The molecule has 28 heavy (non-hydrogen) atoms. The molecule has 2 heterocycles. The fourth-order valence-electron chi connectivity index (χ4n) is 3.50. The number of rotatable bonds is 4. The zero-order chi connectivity index (χ0) is 19.8. The van der Waals surface area contributed by atoms with E-state index in [1.165, 1.54) is 23.1 Å². The van der Waals surface area contributed by atoms with Crippen LogP contribution in [0, 0.1) is 5.82 Å². The number of halogens is 1. The Kier molecular flexibility index (Phi) is 4.38. The van der Waals surface area contributed by atoms with Gasteiger partial charge in [-0.1, -0.05) is 18.2 Å². The van der Waals surface area contributed by atoms with E-state index in [1.807, 2.05) is 0 Å². The summed E-state index contributed by atoms with van der Waals surface area (Å²) >= 11 is 0. The Hall–Kier alpha value is -3.55. The van der Waals surface area contributed by atoms with Gasteiger partial charge in [0.05, 0.1) is 17.2 Å². The average molecular weight is 381 g/mol. The highest BCUT2D eigenvalue weighted by molar-refractivity contribution is 6.22. The Morgan fingerprint density at radius 1 is 1.04 bits per heavy atom. The predicted molar refractivity (Wildman–Crippen MR) is 97.1 cm³/mol. The molecule has 1 fully saturated rings. The van der Waals surface area contributed by atoms with E-state index in [-0.39, 0.29) is 30.0 Å². The van der Waals surface area contributed by atoms with E-state index in [9.17, 15) is 23.6 Å². The third-order valence-electron chi connectivity index (χ3n) is 4.79. The zero-order valence-corrected chi connectivity index (χ0v) is 14.7. The van der Waals surface area contributed by atoms with E-state index in [1.54, 1.807) is 30.3 Å². The summed E-state index contributed by atoms with van der Waals surface area (Å²) in [4.78, 5) is 51.5. The molecule has 142 valence electrons. The molecule has 1 unspecified atom stereocenters. The predicted octanol–water partition coefficient (Wildman–Crippen LogP) is 1.34. The van der Waals surface area contributed by atoms with Crippen molar-refractivity contribution < 1.29 is 23.6 Å². The van der Waals surface area contributed by atoms with Crippen LogP contribution in [0.1, 0.15) is 27.1 Å². The summed E-state index contributed by atoms with van der Waals surface area (Å²) in [5, 5.41) is 2.68. The standard InChI is InChI=1S/C20H16FN3O4/c21-12-4-3-5-14(8-12)23-10-13(9-18(23)26)22-17(25)11-24-19(27)15-6-1-2-7-16(15)20(24)28/h1-8,13H,9-11H2,(H,22,25). The number of fused-ring (bicyclic) bond motifs is 1. The lowest BCUT2D eigenvalue weighted by Crippen LogP contribution is -2.44. The quantitative estimate of drug-likeness (QED) is 0.810. The molecule has 2 aliphatic heterocycles. The summed E-state index contributed by atoms with van der Waals surface area (Å²) in [6, 6.07) is 11.6. The number of hydrogen-bond donors (Lipinski definition) is 1. The molecular weight excluding hydrogens is 365 g/mol. The number of nitrogens with zero attached hydrogens (tertiary/aromatic N) is 2. The van der Waals surface area contributed by atoms with Crippen LogP contribution in [0.25, 0.3) is 0 Å². The SMILES string of the molecule is O=C(CN1C(=O)c2ccccc2C1=O)NC1CC(=O)N(c2cccc(F)c2)C1. The van der Waals surface area contributed by atoms with Crippen molar-refractivity contribution in [2.45, 2.75) is 12.5 Å². The Morgan fingerprint density at radius 2 is 1.71 bits per heavy atom. The number of imide groups is 1. The molecule has 0 bridgehead atoms. The number of hydrogen-bond acceptors (Lipinski definition) is 4. The molecule has 1 saturated heterocycles. The van der Waals surface area contributed by atoms with Gasteiger partial charge in [0.1, 0.15) is 12.4 Å². The summed E-state index contributed by atoms with van der Waals surface area (Å²) in [6.07, 6.45) is 0.0599. The monoisotopic (exact) mass is 381 g/mol. The van der Waals surface area contributed by atoms with Gasteiger partial charge in [0.15, 0.2) is 0 Å². The molecule has 8 heteroatoms. The first-order valence-corrected chi connectivity index (χ1v) is 8.74. The minimum absolute atomic E-state index is 0.0599. The minimum Gasteiger partial charge on any atom is -0.349 e. The maximum Gasteiger partial charge on any atom is 0.262 e. The lowest BCUT2D eigenvalue weighted by Gasteiger charge is -2.18. The smallest absolute Gasteiger partial charge is 0.262 e. The molecular formula is C20H16FN3O4. The molecule has 7 nitrogen and oxygen atoms in total. The maximum absolute atomic E-state index is 13.4. The van der Waals surface area contributed by atoms with Gasteiger partial charge in [0.2, 0.25) is 11.8 Å². The van der Waals surface area contributed by atoms with Gasteiger partial charge in [0, 0.05) is 18.7 Å². The van der Waals surface area contributed by atoms with E-state index in [0.717, 1.165) is 4.90 Å². The van der Waals surface area contributed by atoms with Crippen molar-refractivity contribution in [1.29, 1.82) is 0 Å². The lowest BCUT2D eigenvalue weighted by molar-refractivity contribution is -0.122. The van der Waals surface area contributed by atoms with Gasteiger partial charge in [-0.3, -0.25) is 24.1 Å². The summed E-state index contributed by atoms with van der Waals surface area (Å²) in [7, 11) is 0. The minimum atomic E-state index is -0.534. The number of anilines is 1. The van der Waals surface area contributed by atoms with Crippen molar-refractivity contribution in [2.75, 3.05) is 18.0 Å².